The van der Waals surface area contributed by atoms with Gasteiger partial charge >= 0.3 is 0 Å². The van der Waals surface area contributed by atoms with Crippen molar-refractivity contribution >= 4 is 17.1 Å². The number of pyridine rings is 2. The lowest BCUT2D eigenvalue weighted by Gasteiger charge is -2.22. The SMILES string of the molecule is N=C(c1cc(-c2cncc(N3CCCC(N)CC3)c2)ncc1N)c1ccccc1F. The highest BCUT2D eigenvalue weighted by Gasteiger charge is 2.17. The molecule has 0 radical (unpaired) electrons. The summed E-state index contributed by atoms with van der Waals surface area (Å²) in [5.74, 6) is -0.455. The van der Waals surface area contributed by atoms with Crippen molar-refractivity contribution in [1.29, 1.82) is 5.41 Å². The molecule has 1 atom stereocenters. The van der Waals surface area contributed by atoms with Gasteiger partial charge in [0.2, 0.25) is 0 Å². The van der Waals surface area contributed by atoms with Crippen molar-refractivity contribution in [2.75, 3.05) is 23.7 Å². The molecule has 0 amide bonds. The van der Waals surface area contributed by atoms with E-state index in [9.17, 15) is 4.39 Å². The van der Waals surface area contributed by atoms with Gasteiger partial charge in [0.05, 0.1) is 35.2 Å². The molecule has 5 N–H and O–H groups in total. The fourth-order valence-electron chi connectivity index (χ4n) is 3.77. The van der Waals surface area contributed by atoms with Crippen LogP contribution in [0, 0.1) is 11.2 Å². The summed E-state index contributed by atoms with van der Waals surface area (Å²) in [6.45, 7) is 1.84. The van der Waals surface area contributed by atoms with E-state index in [-0.39, 0.29) is 17.3 Å². The molecule has 3 aromatic rings. The summed E-state index contributed by atoms with van der Waals surface area (Å²) in [5.41, 5.74) is 15.7. The monoisotopic (exact) mass is 404 g/mol. The zero-order chi connectivity index (χ0) is 21.1. The van der Waals surface area contributed by atoms with E-state index in [1.807, 2.05) is 12.3 Å². The molecule has 1 unspecified atom stereocenters. The average Bonchev–Trinajstić information content (AvgIpc) is 2.98. The molecule has 0 bridgehead atoms. The van der Waals surface area contributed by atoms with Crippen molar-refractivity contribution in [3.63, 3.8) is 0 Å². The van der Waals surface area contributed by atoms with Gasteiger partial charge in [-0.15, -0.1) is 0 Å². The Morgan fingerprint density at radius 3 is 2.73 bits per heavy atom. The van der Waals surface area contributed by atoms with E-state index in [0.717, 1.165) is 43.6 Å². The van der Waals surface area contributed by atoms with Crippen LogP contribution in [0.25, 0.3) is 11.3 Å². The minimum atomic E-state index is -0.455. The number of nitrogens with one attached hydrogen (secondary N) is 1. The fourth-order valence-corrected chi connectivity index (χ4v) is 3.77. The number of rotatable bonds is 4. The summed E-state index contributed by atoms with van der Waals surface area (Å²) in [7, 11) is 0. The molecular weight excluding hydrogens is 379 g/mol. The highest BCUT2D eigenvalue weighted by molar-refractivity contribution is 6.14. The molecule has 3 heterocycles. The number of halogens is 1. The molecule has 7 heteroatoms. The second-order valence-corrected chi connectivity index (χ2v) is 7.62. The summed E-state index contributed by atoms with van der Waals surface area (Å²) in [5, 5.41) is 8.47. The number of nitrogens with zero attached hydrogens (tertiary/aromatic N) is 3. The normalized spacial score (nSPS) is 16.9. The Kier molecular flexibility index (Phi) is 5.72. The van der Waals surface area contributed by atoms with Gasteiger partial charge in [0.1, 0.15) is 5.82 Å². The molecule has 1 aliphatic rings. The predicted molar refractivity (Wildman–Crippen MR) is 118 cm³/mol. The zero-order valence-corrected chi connectivity index (χ0v) is 16.7. The predicted octanol–water partition coefficient (Wildman–Crippen LogP) is 3.60. The first-order valence-electron chi connectivity index (χ1n) is 10.1. The maximum absolute atomic E-state index is 14.2. The second-order valence-electron chi connectivity index (χ2n) is 7.62. The number of hydrogen-bond donors (Lipinski definition) is 3. The summed E-state index contributed by atoms with van der Waals surface area (Å²) in [4.78, 5) is 11.1. The van der Waals surface area contributed by atoms with Crippen LogP contribution >= 0.6 is 0 Å². The quantitative estimate of drug-likeness (QED) is 0.576. The Morgan fingerprint density at radius 2 is 1.90 bits per heavy atom. The van der Waals surface area contributed by atoms with E-state index in [2.05, 4.69) is 14.9 Å². The van der Waals surface area contributed by atoms with Gasteiger partial charge in [-0.25, -0.2) is 4.39 Å². The van der Waals surface area contributed by atoms with Crippen LogP contribution in [-0.2, 0) is 0 Å². The molecule has 154 valence electrons. The van der Waals surface area contributed by atoms with Gasteiger partial charge in [-0.2, -0.15) is 0 Å². The maximum Gasteiger partial charge on any atom is 0.132 e. The van der Waals surface area contributed by atoms with Crippen LogP contribution in [0.4, 0.5) is 15.8 Å². The lowest BCUT2D eigenvalue weighted by atomic mass is 9.99. The van der Waals surface area contributed by atoms with Crippen LogP contribution in [0.1, 0.15) is 30.4 Å². The molecule has 0 spiro atoms. The highest BCUT2D eigenvalue weighted by atomic mass is 19.1. The molecular formula is C23H25FN6. The minimum absolute atomic E-state index is 0.0277. The largest absolute Gasteiger partial charge is 0.397 e. The van der Waals surface area contributed by atoms with Crippen LogP contribution in [0.5, 0.6) is 0 Å². The van der Waals surface area contributed by atoms with Crippen molar-refractivity contribution in [3.05, 3.63) is 71.9 Å². The lowest BCUT2D eigenvalue weighted by Crippen LogP contribution is -2.26. The molecule has 0 aliphatic carbocycles. The van der Waals surface area contributed by atoms with Gasteiger partial charge in [0, 0.05) is 42.0 Å². The van der Waals surface area contributed by atoms with E-state index in [1.165, 1.54) is 12.3 Å². The molecule has 1 aromatic carbocycles. The molecule has 2 aromatic heterocycles. The third kappa shape index (κ3) is 4.16. The highest BCUT2D eigenvalue weighted by Crippen LogP contribution is 2.27. The summed E-state index contributed by atoms with van der Waals surface area (Å²) in [6, 6.07) is 10.2. The fraction of sp³-hybridized carbons (Fsp3) is 0.261. The van der Waals surface area contributed by atoms with E-state index >= 15 is 0 Å². The van der Waals surface area contributed by atoms with Crippen LogP contribution in [0.15, 0.2) is 55.0 Å². The van der Waals surface area contributed by atoms with Gasteiger partial charge < -0.3 is 16.4 Å². The third-order valence-electron chi connectivity index (χ3n) is 5.50. The zero-order valence-electron chi connectivity index (χ0n) is 16.7. The van der Waals surface area contributed by atoms with Gasteiger partial charge in [-0.3, -0.25) is 15.4 Å². The van der Waals surface area contributed by atoms with Crippen molar-refractivity contribution in [2.24, 2.45) is 5.73 Å². The Bertz CT molecular complexity index is 1070. The van der Waals surface area contributed by atoms with E-state index < -0.39 is 5.82 Å². The van der Waals surface area contributed by atoms with Crippen LogP contribution in [0.3, 0.4) is 0 Å². The smallest absolute Gasteiger partial charge is 0.132 e. The van der Waals surface area contributed by atoms with Gasteiger partial charge in [-0.1, -0.05) is 12.1 Å². The summed E-state index contributed by atoms with van der Waals surface area (Å²) < 4.78 is 14.2. The van der Waals surface area contributed by atoms with Gasteiger partial charge in [0.25, 0.3) is 0 Å². The topological polar surface area (TPSA) is 105 Å². The van der Waals surface area contributed by atoms with Crippen LogP contribution in [-0.4, -0.2) is 34.8 Å². The third-order valence-corrected chi connectivity index (χ3v) is 5.50. The number of anilines is 2. The van der Waals surface area contributed by atoms with E-state index in [4.69, 9.17) is 16.9 Å². The van der Waals surface area contributed by atoms with Gasteiger partial charge in [0.15, 0.2) is 0 Å². The van der Waals surface area contributed by atoms with Gasteiger partial charge in [-0.05, 0) is 43.5 Å². The second kappa shape index (κ2) is 8.59. The number of benzene rings is 1. The Morgan fingerprint density at radius 1 is 1.07 bits per heavy atom. The number of nitrogen functional groups attached to an aromatic ring is 1. The first kappa shape index (κ1) is 20.0. The van der Waals surface area contributed by atoms with Crippen molar-refractivity contribution in [1.82, 2.24) is 9.97 Å². The number of aromatic nitrogens is 2. The average molecular weight is 404 g/mol. The molecule has 1 fully saturated rings. The van der Waals surface area contributed by atoms with Crippen LogP contribution in [0.2, 0.25) is 0 Å². The molecule has 1 aliphatic heterocycles. The first-order chi connectivity index (χ1) is 14.5. The van der Waals surface area contributed by atoms with Crippen molar-refractivity contribution in [2.45, 2.75) is 25.3 Å². The molecule has 4 rings (SSSR count). The van der Waals surface area contributed by atoms with Crippen molar-refractivity contribution in [3.8, 4) is 11.3 Å². The number of nitrogens with two attached hydrogens (primary N) is 2. The minimum Gasteiger partial charge on any atom is -0.397 e. The molecule has 30 heavy (non-hydrogen) atoms. The standard InChI is InChI=1S/C23H25FN6/c24-20-6-2-1-5-18(20)23(27)19-11-22(29-14-21(19)26)15-10-17(13-28-12-15)30-8-3-4-16(25)7-9-30/h1-2,5-6,10-14,16,27H,3-4,7-9,25-26H2. The van der Waals surface area contributed by atoms with Crippen LogP contribution < -0.4 is 16.4 Å². The number of hydrogen-bond acceptors (Lipinski definition) is 6. The molecule has 0 saturated carbocycles. The lowest BCUT2D eigenvalue weighted by molar-refractivity contribution is 0.601. The molecule has 1 saturated heterocycles. The van der Waals surface area contributed by atoms with Crippen molar-refractivity contribution < 1.29 is 4.39 Å². The van der Waals surface area contributed by atoms with E-state index in [0.29, 0.717) is 16.9 Å². The summed E-state index contributed by atoms with van der Waals surface area (Å²) >= 11 is 0. The first-order valence-corrected chi connectivity index (χ1v) is 10.1. The maximum atomic E-state index is 14.2. The summed E-state index contributed by atoms with van der Waals surface area (Å²) in [6.07, 6.45) is 8.13. The molecule has 6 nitrogen and oxygen atoms in total. The Balaban J connectivity index is 1.66. The Hall–Kier alpha value is -3.32. The van der Waals surface area contributed by atoms with E-state index in [1.54, 1.807) is 30.5 Å². The Labute approximate surface area is 175 Å².